The molecule has 3 aromatic rings. The van der Waals surface area contributed by atoms with Gasteiger partial charge >= 0.3 is 0 Å². The number of carbonyl (C=O) groups excluding carboxylic acids is 1. The molecule has 1 heterocycles. The quantitative estimate of drug-likeness (QED) is 0.677. The molecule has 1 amide bonds. The number of rotatable bonds is 5. The number of nitrogens with one attached hydrogen (secondary N) is 2. The molecule has 1 aromatic heterocycles. The maximum atomic E-state index is 12.7. The zero-order chi connectivity index (χ0) is 16.6. The van der Waals surface area contributed by atoms with Crippen LogP contribution in [0.25, 0.3) is 10.9 Å². The lowest BCUT2D eigenvalue weighted by Crippen LogP contribution is -2.35. The molecule has 0 aliphatic heterocycles. The van der Waals surface area contributed by atoms with Crippen LogP contribution in [-0.4, -0.2) is 17.4 Å². The number of aromatic nitrogens is 1. The van der Waals surface area contributed by atoms with Crippen molar-refractivity contribution in [3.05, 3.63) is 70.3 Å². The second-order valence-corrected chi connectivity index (χ2v) is 7.37. The minimum atomic E-state index is -0.305. The van der Waals surface area contributed by atoms with Crippen molar-refractivity contribution in [2.75, 3.05) is 6.54 Å². The summed E-state index contributed by atoms with van der Waals surface area (Å²) in [6, 6.07) is 16.4. The fourth-order valence-electron chi connectivity index (χ4n) is 3.36. The molecule has 1 aliphatic carbocycles. The van der Waals surface area contributed by atoms with Crippen LogP contribution < -0.4 is 5.32 Å². The third kappa shape index (κ3) is 2.75. The molecule has 0 atom stereocenters. The number of carbonyl (C=O) groups is 1. The van der Waals surface area contributed by atoms with Crippen molar-refractivity contribution in [1.82, 2.24) is 10.3 Å². The van der Waals surface area contributed by atoms with Crippen LogP contribution in [0.15, 0.2) is 59.2 Å². The Balaban J connectivity index is 1.41. The number of hydrogen-bond donors (Lipinski definition) is 2. The van der Waals surface area contributed by atoms with Crippen molar-refractivity contribution < 1.29 is 4.79 Å². The number of benzene rings is 2. The van der Waals surface area contributed by atoms with Crippen molar-refractivity contribution in [3.8, 4) is 0 Å². The highest BCUT2D eigenvalue weighted by Gasteiger charge is 2.50. The predicted molar refractivity (Wildman–Crippen MR) is 100 cm³/mol. The minimum Gasteiger partial charge on any atom is -0.361 e. The van der Waals surface area contributed by atoms with Gasteiger partial charge in [-0.25, -0.2) is 0 Å². The maximum Gasteiger partial charge on any atom is 0.230 e. The first-order chi connectivity index (χ1) is 11.7. The number of aromatic amines is 1. The van der Waals surface area contributed by atoms with Crippen LogP contribution in [0.5, 0.6) is 0 Å². The van der Waals surface area contributed by atoms with Crippen LogP contribution in [0.3, 0.4) is 0 Å². The zero-order valence-electron chi connectivity index (χ0n) is 13.3. The molecule has 0 spiro atoms. The molecule has 24 heavy (non-hydrogen) atoms. The van der Waals surface area contributed by atoms with Crippen LogP contribution in [-0.2, 0) is 16.6 Å². The van der Waals surface area contributed by atoms with E-state index in [1.165, 1.54) is 10.9 Å². The van der Waals surface area contributed by atoms with Crippen molar-refractivity contribution >= 4 is 32.7 Å². The van der Waals surface area contributed by atoms with E-state index in [9.17, 15) is 4.79 Å². The van der Waals surface area contributed by atoms with Gasteiger partial charge in [-0.2, -0.15) is 0 Å². The van der Waals surface area contributed by atoms with Crippen LogP contribution in [0.4, 0.5) is 0 Å². The van der Waals surface area contributed by atoms with Gasteiger partial charge in [0.15, 0.2) is 0 Å². The first-order valence-electron chi connectivity index (χ1n) is 8.28. The SMILES string of the molecule is O=C(NCCc1c[nH]c2ccccc12)C1(c2ccc(Br)cc2)CC1. The van der Waals surface area contributed by atoms with Gasteiger partial charge in [0.1, 0.15) is 0 Å². The fraction of sp³-hybridized carbons (Fsp3) is 0.250. The number of fused-ring (bicyclic) bond motifs is 1. The number of amides is 1. The average molecular weight is 383 g/mol. The van der Waals surface area contributed by atoms with Gasteiger partial charge in [-0.15, -0.1) is 0 Å². The number of para-hydroxylation sites is 1. The molecule has 4 heteroatoms. The highest BCUT2D eigenvalue weighted by molar-refractivity contribution is 9.10. The summed E-state index contributed by atoms with van der Waals surface area (Å²) < 4.78 is 1.04. The van der Waals surface area contributed by atoms with Crippen molar-refractivity contribution in [3.63, 3.8) is 0 Å². The highest BCUT2D eigenvalue weighted by atomic mass is 79.9. The summed E-state index contributed by atoms with van der Waals surface area (Å²) in [5.74, 6) is 0.157. The average Bonchev–Trinajstić information content (AvgIpc) is 3.32. The predicted octanol–water partition coefficient (Wildman–Crippen LogP) is 4.32. The molecule has 122 valence electrons. The molecule has 1 fully saturated rings. The standard InChI is InChI=1S/C20H19BrN2O/c21-16-7-5-15(6-8-16)20(10-11-20)19(24)22-12-9-14-13-23-18-4-2-1-3-17(14)18/h1-8,13,23H,9-12H2,(H,22,24). The lowest BCUT2D eigenvalue weighted by Gasteiger charge is -2.16. The number of halogens is 1. The van der Waals surface area contributed by atoms with Crippen molar-refractivity contribution in [2.45, 2.75) is 24.7 Å². The van der Waals surface area contributed by atoms with Crippen molar-refractivity contribution in [1.29, 1.82) is 0 Å². The summed E-state index contributed by atoms with van der Waals surface area (Å²) in [5.41, 5.74) is 3.21. The second kappa shape index (κ2) is 6.10. The summed E-state index contributed by atoms with van der Waals surface area (Å²) >= 11 is 3.45. The molecule has 2 aromatic carbocycles. The number of hydrogen-bond acceptors (Lipinski definition) is 1. The first kappa shape index (κ1) is 15.5. The molecule has 2 N–H and O–H groups in total. The maximum absolute atomic E-state index is 12.7. The first-order valence-corrected chi connectivity index (χ1v) is 9.08. The Kier molecular flexibility index (Phi) is 3.93. The Morgan fingerprint density at radius 1 is 1.12 bits per heavy atom. The Morgan fingerprint density at radius 3 is 2.62 bits per heavy atom. The largest absolute Gasteiger partial charge is 0.361 e. The number of H-pyrrole nitrogens is 1. The van der Waals surface area contributed by atoms with Gasteiger partial charge < -0.3 is 10.3 Å². The zero-order valence-corrected chi connectivity index (χ0v) is 14.9. The Morgan fingerprint density at radius 2 is 1.88 bits per heavy atom. The van der Waals surface area contributed by atoms with Gasteiger partial charge in [-0.3, -0.25) is 4.79 Å². The topological polar surface area (TPSA) is 44.9 Å². The normalized spacial score (nSPS) is 15.4. The third-order valence-electron chi connectivity index (χ3n) is 4.94. The van der Waals surface area contributed by atoms with Gasteiger partial charge in [0.05, 0.1) is 5.41 Å². The molecule has 0 unspecified atom stereocenters. The summed E-state index contributed by atoms with van der Waals surface area (Å²) in [4.78, 5) is 16.0. The Bertz CT molecular complexity index is 878. The molecular weight excluding hydrogens is 364 g/mol. The molecular formula is C20H19BrN2O. The molecule has 1 aliphatic rings. The van der Waals surface area contributed by atoms with Gasteiger partial charge in [-0.05, 0) is 48.6 Å². The fourth-order valence-corrected chi connectivity index (χ4v) is 3.62. The Hall–Kier alpha value is -2.07. The van der Waals surface area contributed by atoms with Gasteiger partial charge in [0.2, 0.25) is 5.91 Å². The van der Waals surface area contributed by atoms with Gasteiger partial charge in [-0.1, -0.05) is 46.3 Å². The Labute approximate surface area is 149 Å². The molecule has 4 rings (SSSR count). The van der Waals surface area contributed by atoms with E-state index in [2.05, 4.69) is 50.5 Å². The van der Waals surface area contributed by atoms with Crippen LogP contribution >= 0.6 is 15.9 Å². The monoisotopic (exact) mass is 382 g/mol. The van der Waals surface area contributed by atoms with Crippen LogP contribution in [0.1, 0.15) is 24.0 Å². The van der Waals surface area contributed by atoms with E-state index in [1.807, 2.05) is 30.5 Å². The highest BCUT2D eigenvalue weighted by Crippen LogP contribution is 2.48. The summed E-state index contributed by atoms with van der Waals surface area (Å²) in [6.45, 7) is 0.666. The van der Waals surface area contributed by atoms with E-state index >= 15 is 0 Å². The third-order valence-corrected chi connectivity index (χ3v) is 5.46. The summed E-state index contributed by atoms with van der Waals surface area (Å²) in [5, 5.41) is 4.37. The van der Waals surface area contributed by atoms with Crippen LogP contribution in [0.2, 0.25) is 0 Å². The lowest BCUT2D eigenvalue weighted by atomic mass is 9.95. The van der Waals surface area contributed by atoms with E-state index in [1.54, 1.807) is 0 Å². The molecule has 0 radical (unpaired) electrons. The molecule has 1 saturated carbocycles. The summed E-state index contributed by atoms with van der Waals surface area (Å²) in [7, 11) is 0. The van der Waals surface area contributed by atoms with E-state index in [0.29, 0.717) is 6.54 Å². The van der Waals surface area contributed by atoms with E-state index < -0.39 is 0 Å². The van der Waals surface area contributed by atoms with E-state index in [-0.39, 0.29) is 11.3 Å². The van der Waals surface area contributed by atoms with Gasteiger partial charge in [0.25, 0.3) is 0 Å². The van der Waals surface area contributed by atoms with Crippen molar-refractivity contribution in [2.24, 2.45) is 0 Å². The van der Waals surface area contributed by atoms with Crippen LogP contribution in [0, 0.1) is 0 Å². The minimum absolute atomic E-state index is 0.157. The second-order valence-electron chi connectivity index (χ2n) is 6.45. The lowest BCUT2D eigenvalue weighted by molar-refractivity contribution is -0.123. The molecule has 0 bridgehead atoms. The smallest absolute Gasteiger partial charge is 0.230 e. The molecule has 0 saturated heterocycles. The van der Waals surface area contributed by atoms with E-state index in [0.717, 1.165) is 34.8 Å². The molecule has 3 nitrogen and oxygen atoms in total. The summed E-state index contributed by atoms with van der Waals surface area (Å²) in [6.07, 6.45) is 4.76. The van der Waals surface area contributed by atoms with E-state index in [4.69, 9.17) is 0 Å². The van der Waals surface area contributed by atoms with Gasteiger partial charge in [0, 0.05) is 28.1 Å².